The lowest BCUT2D eigenvalue weighted by molar-refractivity contribution is -0.138. The summed E-state index contributed by atoms with van der Waals surface area (Å²) in [5, 5.41) is 0. The summed E-state index contributed by atoms with van der Waals surface area (Å²) in [6, 6.07) is 23.3. The van der Waals surface area contributed by atoms with Crippen molar-refractivity contribution in [3.63, 3.8) is 0 Å². The highest BCUT2D eigenvalue weighted by Crippen LogP contribution is 2.38. The van der Waals surface area contributed by atoms with Crippen molar-refractivity contribution in [2.75, 3.05) is 19.6 Å². The molecule has 0 N–H and O–H groups in total. The summed E-state index contributed by atoms with van der Waals surface area (Å²) in [4.78, 5) is 17.4. The van der Waals surface area contributed by atoms with Crippen molar-refractivity contribution in [2.45, 2.75) is 45.5 Å². The zero-order chi connectivity index (χ0) is 25.9. The molecule has 3 aromatic rings. The van der Waals surface area contributed by atoms with Crippen LogP contribution in [0.4, 0.5) is 13.2 Å². The molecule has 2 unspecified atom stereocenters. The lowest BCUT2D eigenvalue weighted by Gasteiger charge is -2.32. The van der Waals surface area contributed by atoms with Gasteiger partial charge in [0.15, 0.2) is 0 Å². The quantitative estimate of drug-likeness (QED) is 0.361. The maximum atomic E-state index is 13.6. The van der Waals surface area contributed by atoms with E-state index in [9.17, 15) is 18.0 Å². The minimum absolute atomic E-state index is 0.00441. The molecule has 0 radical (unpaired) electrons. The van der Waals surface area contributed by atoms with Crippen LogP contribution in [-0.4, -0.2) is 41.4 Å². The number of amides is 1. The molecule has 2 atom stereocenters. The van der Waals surface area contributed by atoms with Crippen LogP contribution in [-0.2, 0) is 12.7 Å². The summed E-state index contributed by atoms with van der Waals surface area (Å²) < 4.78 is 40.9. The van der Waals surface area contributed by atoms with Crippen LogP contribution in [0.5, 0.6) is 0 Å². The van der Waals surface area contributed by atoms with Gasteiger partial charge in [0.1, 0.15) is 0 Å². The molecule has 1 fully saturated rings. The van der Waals surface area contributed by atoms with Crippen LogP contribution < -0.4 is 0 Å². The number of carbonyl (C=O) groups excluding carboxylic acids is 1. The summed E-state index contributed by atoms with van der Waals surface area (Å²) in [7, 11) is 0. The second kappa shape index (κ2) is 10.9. The van der Waals surface area contributed by atoms with E-state index in [1.807, 2.05) is 61.2 Å². The van der Waals surface area contributed by atoms with E-state index in [1.165, 1.54) is 11.6 Å². The molecule has 0 saturated carbocycles. The van der Waals surface area contributed by atoms with Crippen molar-refractivity contribution in [3.05, 3.63) is 107 Å². The second-order valence-corrected chi connectivity index (χ2v) is 9.99. The molecule has 0 bridgehead atoms. The number of carbonyl (C=O) groups is 1. The molecule has 4 rings (SSSR count). The highest BCUT2D eigenvalue weighted by Gasteiger charge is 2.39. The van der Waals surface area contributed by atoms with Crippen molar-refractivity contribution in [3.8, 4) is 0 Å². The molecule has 1 heterocycles. The van der Waals surface area contributed by atoms with Crippen molar-refractivity contribution in [1.29, 1.82) is 0 Å². The Labute approximate surface area is 211 Å². The summed E-state index contributed by atoms with van der Waals surface area (Å²) in [6.07, 6.45) is -4.39. The normalized spacial score (nSPS) is 18.5. The van der Waals surface area contributed by atoms with Crippen molar-refractivity contribution in [1.82, 2.24) is 9.80 Å². The van der Waals surface area contributed by atoms with E-state index in [4.69, 9.17) is 0 Å². The minimum Gasteiger partial charge on any atom is -0.336 e. The third-order valence-electron chi connectivity index (χ3n) is 7.16. The van der Waals surface area contributed by atoms with Gasteiger partial charge in [-0.15, -0.1) is 0 Å². The first-order chi connectivity index (χ1) is 17.1. The number of likely N-dealkylation sites (tertiary alicyclic amines) is 1. The fourth-order valence-corrected chi connectivity index (χ4v) is 5.33. The predicted molar refractivity (Wildman–Crippen MR) is 137 cm³/mol. The second-order valence-electron chi connectivity index (χ2n) is 9.99. The van der Waals surface area contributed by atoms with Crippen LogP contribution in [0.1, 0.15) is 52.4 Å². The fraction of sp³-hybridized carbons (Fsp3) is 0.367. The topological polar surface area (TPSA) is 23.6 Å². The van der Waals surface area contributed by atoms with Gasteiger partial charge < -0.3 is 4.90 Å². The highest BCUT2D eigenvalue weighted by atomic mass is 19.4. The molecule has 0 aliphatic carbocycles. The third-order valence-corrected chi connectivity index (χ3v) is 7.16. The number of aryl methyl sites for hydroxylation is 1. The van der Waals surface area contributed by atoms with Crippen molar-refractivity contribution < 1.29 is 18.0 Å². The summed E-state index contributed by atoms with van der Waals surface area (Å²) in [6.45, 7) is 8.13. The number of nitrogens with zero attached hydrogens (tertiary/aromatic N) is 2. The SMILES string of the molecule is Cc1ccccc1C1CN(Cc2ccccc2C(F)(F)F)CC1CN(C(=O)c1ccccc1)C(C)C. The van der Waals surface area contributed by atoms with Crippen LogP contribution in [0.3, 0.4) is 0 Å². The monoisotopic (exact) mass is 494 g/mol. The lowest BCUT2D eigenvalue weighted by atomic mass is 9.86. The van der Waals surface area contributed by atoms with Gasteiger partial charge in [0, 0.05) is 43.7 Å². The molecule has 3 nitrogen and oxygen atoms in total. The number of hydrogen-bond acceptors (Lipinski definition) is 2. The van der Waals surface area contributed by atoms with Crippen LogP contribution in [0.15, 0.2) is 78.9 Å². The Morgan fingerprint density at radius 2 is 1.58 bits per heavy atom. The maximum Gasteiger partial charge on any atom is 0.416 e. The number of halogens is 3. The highest BCUT2D eigenvalue weighted by molar-refractivity contribution is 5.94. The lowest BCUT2D eigenvalue weighted by Crippen LogP contribution is -2.42. The Hall–Kier alpha value is -3.12. The Morgan fingerprint density at radius 1 is 0.944 bits per heavy atom. The van der Waals surface area contributed by atoms with Crippen LogP contribution in [0, 0.1) is 12.8 Å². The van der Waals surface area contributed by atoms with Gasteiger partial charge in [-0.1, -0.05) is 60.7 Å². The summed E-state index contributed by atoms with van der Waals surface area (Å²) in [5.74, 6) is 0.197. The number of hydrogen-bond donors (Lipinski definition) is 0. The average Bonchev–Trinajstić information content (AvgIpc) is 3.24. The molecule has 1 saturated heterocycles. The van der Waals surface area contributed by atoms with Gasteiger partial charge in [-0.05, 0) is 61.6 Å². The smallest absolute Gasteiger partial charge is 0.336 e. The molecule has 36 heavy (non-hydrogen) atoms. The van der Waals surface area contributed by atoms with Gasteiger partial charge >= 0.3 is 6.18 Å². The van der Waals surface area contributed by atoms with E-state index < -0.39 is 11.7 Å². The Balaban J connectivity index is 1.62. The van der Waals surface area contributed by atoms with Gasteiger partial charge in [-0.2, -0.15) is 13.2 Å². The Bertz CT molecular complexity index is 1180. The van der Waals surface area contributed by atoms with E-state index in [-0.39, 0.29) is 35.9 Å². The minimum atomic E-state index is -4.39. The zero-order valence-corrected chi connectivity index (χ0v) is 21.0. The van der Waals surface area contributed by atoms with Gasteiger partial charge in [0.2, 0.25) is 0 Å². The van der Waals surface area contributed by atoms with Gasteiger partial charge in [0.05, 0.1) is 5.56 Å². The summed E-state index contributed by atoms with van der Waals surface area (Å²) in [5.41, 5.74) is 2.72. The van der Waals surface area contributed by atoms with Crippen molar-refractivity contribution in [2.24, 2.45) is 5.92 Å². The number of benzene rings is 3. The standard InChI is InChI=1S/C30H33F3N2O/c1-21(2)35(29(36)23-12-5-4-6-13-23)19-25-18-34(20-27(25)26-15-9-7-11-22(26)3)17-24-14-8-10-16-28(24)30(31,32)33/h4-16,21,25,27H,17-20H2,1-3H3. The molecular formula is C30H33F3N2O. The first-order valence-corrected chi connectivity index (χ1v) is 12.4. The first-order valence-electron chi connectivity index (χ1n) is 12.4. The number of rotatable bonds is 7. The average molecular weight is 495 g/mol. The fourth-order valence-electron chi connectivity index (χ4n) is 5.33. The maximum absolute atomic E-state index is 13.6. The third kappa shape index (κ3) is 5.81. The first kappa shape index (κ1) is 26.0. The van der Waals surface area contributed by atoms with Gasteiger partial charge in [-0.25, -0.2) is 0 Å². The molecular weight excluding hydrogens is 461 g/mol. The van der Waals surface area contributed by atoms with E-state index in [0.717, 1.165) is 11.6 Å². The molecule has 0 spiro atoms. The van der Waals surface area contributed by atoms with Crippen LogP contribution in [0.2, 0.25) is 0 Å². The van der Waals surface area contributed by atoms with E-state index >= 15 is 0 Å². The zero-order valence-electron chi connectivity index (χ0n) is 21.0. The molecule has 1 aliphatic heterocycles. The molecule has 1 amide bonds. The number of alkyl halides is 3. The molecule has 1 aliphatic rings. The van der Waals surface area contributed by atoms with Gasteiger partial charge in [0.25, 0.3) is 5.91 Å². The van der Waals surface area contributed by atoms with E-state index in [2.05, 4.69) is 24.0 Å². The molecule has 0 aromatic heterocycles. The molecule has 190 valence electrons. The molecule has 3 aromatic carbocycles. The Morgan fingerprint density at radius 3 is 2.25 bits per heavy atom. The van der Waals surface area contributed by atoms with Crippen molar-refractivity contribution >= 4 is 5.91 Å². The van der Waals surface area contributed by atoms with E-state index in [0.29, 0.717) is 25.2 Å². The molecule has 6 heteroatoms. The largest absolute Gasteiger partial charge is 0.416 e. The van der Waals surface area contributed by atoms with Crippen LogP contribution in [0.25, 0.3) is 0 Å². The Kier molecular flexibility index (Phi) is 7.84. The summed E-state index contributed by atoms with van der Waals surface area (Å²) >= 11 is 0. The predicted octanol–water partition coefficient (Wildman–Crippen LogP) is 6.78. The van der Waals surface area contributed by atoms with Gasteiger partial charge in [-0.3, -0.25) is 9.69 Å². The van der Waals surface area contributed by atoms with Crippen LogP contribution >= 0.6 is 0 Å². The van der Waals surface area contributed by atoms with E-state index in [1.54, 1.807) is 12.1 Å².